The maximum atomic E-state index is 13.9. The number of rotatable bonds is 4. The van der Waals surface area contributed by atoms with Crippen molar-refractivity contribution in [3.63, 3.8) is 0 Å². The minimum absolute atomic E-state index is 0.0448. The van der Waals surface area contributed by atoms with E-state index in [9.17, 15) is 23.5 Å². The normalized spacial score (nSPS) is 17.6. The zero-order valence-electron chi connectivity index (χ0n) is 16.6. The number of aromatic nitrogens is 1. The van der Waals surface area contributed by atoms with Gasteiger partial charge in [0.15, 0.2) is 11.6 Å². The van der Waals surface area contributed by atoms with E-state index < -0.39 is 35.1 Å². The Hall–Kier alpha value is -3.59. The van der Waals surface area contributed by atoms with E-state index in [1.807, 2.05) is 0 Å². The second-order valence-electron chi connectivity index (χ2n) is 6.87. The Balaban J connectivity index is 1.94. The zero-order chi connectivity index (χ0) is 23.0. The number of aliphatic hydroxyl groups excluding tert-OH is 1. The summed E-state index contributed by atoms with van der Waals surface area (Å²) in [6.07, 6.45) is 1.46. The number of pyridine rings is 1. The molecule has 2 aromatic carbocycles. The number of hydrogen-bond acceptors (Lipinski definition) is 5. The van der Waals surface area contributed by atoms with Crippen molar-refractivity contribution in [2.75, 3.05) is 12.0 Å². The number of amides is 1. The number of hydrogen-bond donors (Lipinski definition) is 1. The molecule has 2 heterocycles. The zero-order valence-corrected chi connectivity index (χ0v) is 18.1. The van der Waals surface area contributed by atoms with E-state index in [2.05, 4.69) is 20.9 Å². The van der Waals surface area contributed by atoms with Crippen LogP contribution in [0.15, 0.2) is 70.8 Å². The van der Waals surface area contributed by atoms with Crippen molar-refractivity contribution in [3.8, 4) is 5.75 Å². The van der Waals surface area contributed by atoms with E-state index in [-0.39, 0.29) is 22.5 Å². The Kier molecular flexibility index (Phi) is 5.75. The van der Waals surface area contributed by atoms with Gasteiger partial charge in [0.1, 0.15) is 17.6 Å². The molecule has 0 bridgehead atoms. The lowest BCUT2D eigenvalue weighted by Gasteiger charge is -2.24. The largest absolute Gasteiger partial charge is 0.507 e. The predicted octanol–water partition coefficient (Wildman–Crippen LogP) is 4.76. The molecule has 4 rings (SSSR count). The number of carbonyl (C=O) groups is 2. The van der Waals surface area contributed by atoms with E-state index in [1.54, 1.807) is 24.3 Å². The third-order valence-electron chi connectivity index (χ3n) is 5.02. The number of anilines is 1. The monoisotopic (exact) mass is 500 g/mol. The maximum Gasteiger partial charge on any atom is 0.300 e. The van der Waals surface area contributed by atoms with Crippen LogP contribution in [0.5, 0.6) is 5.75 Å². The Morgan fingerprint density at radius 1 is 1.09 bits per heavy atom. The van der Waals surface area contributed by atoms with Gasteiger partial charge in [-0.25, -0.2) is 8.78 Å². The van der Waals surface area contributed by atoms with Gasteiger partial charge >= 0.3 is 0 Å². The van der Waals surface area contributed by atoms with E-state index in [0.29, 0.717) is 10.2 Å². The Morgan fingerprint density at radius 2 is 1.88 bits per heavy atom. The topological polar surface area (TPSA) is 79.7 Å². The summed E-state index contributed by atoms with van der Waals surface area (Å²) in [6.45, 7) is 0. The number of nitrogens with zero attached hydrogens (tertiary/aromatic N) is 2. The van der Waals surface area contributed by atoms with Crippen molar-refractivity contribution in [1.29, 1.82) is 0 Å². The molecular formula is C23H15BrF2N2O4. The van der Waals surface area contributed by atoms with Gasteiger partial charge in [-0.2, -0.15) is 0 Å². The van der Waals surface area contributed by atoms with Gasteiger partial charge < -0.3 is 9.84 Å². The molecule has 1 aliphatic heterocycles. The van der Waals surface area contributed by atoms with Gasteiger partial charge in [-0.15, -0.1) is 0 Å². The SMILES string of the molecule is COc1ccc(/C(O)=C2\C(=O)C(=O)N(c3ccc(F)c(F)c3)C2c2ccccn2)cc1Br. The first-order valence-electron chi connectivity index (χ1n) is 9.34. The Labute approximate surface area is 189 Å². The minimum Gasteiger partial charge on any atom is -0.507 e. The van der Waals surface area contributed by atoms with Gasteiger partial charge in [-0.1, -0.05) is 6.07 Å². The molecule has 1 fully saturated rings. The number of aliphatic hydroxyl groups is 1. The molecule has 0 spiro atoms. The summed E-state index contributed by atoms with van der Waals surface area (Å²) >= 11 is 3.32. The summed E-state index contributed by atoms with van der Waals surface area (Å²) in [4.78, 5) is 31.2. The summed E-state index contributed by atoms with van der Waals surface area (Å²) < 4.78 is 33.1. The molecule has 0 saturated carbocycles. The molecule has 3 aromatic rings. The van der Waals surface area contributed by atoms with Crippen molar-refractivity contribution in [1.82, 2.24) is 4.98 Å². The van der Waals surface area contributed by atoms with Crippen LogP contribution in [0.2, 0.25) is 0 Å². The number of halogens is 3. The van der Waals surface area contributed by atoms with Gasteiger partial charge in [0.05, 0.1) is 22.8 Å². The summed E-state index contributed by atoms with van der Waals surface area (Å²) in [7, 11) is 1.48. The van der Waals surface area contributed by atoms with Crippen LogP contribution < -0.4 is 9.64 Å². The van der Waals surface area contributed by atoms with E-state index in [1.165, 1.54) is 31.5 Å². The first-order chi connectivity index (χ1) is 15.3. The van der Waals surface area contributed by atoms with Crippen LogP contribution in [-0.4, -0.2) is 28.9 Å². The van der Waals surface area contributed by atoms with Crippen LogP contribution in [0.25, 0.3) is 5.76 Å². The standard InChI is InChI=1S/C23H15BrF2N2O4/c1-32-18-8-5-12(10-14(18)24)21(29)19-20(17-4-2-3-9-27-17)28(23(31)22(19)30)13-6-7-15(25)16(26)11-13/h2-11,20,29H,1H3/b21-19+. The Bertz CT molecular complexity index is 1260. The lowest BCUT2D eigenvalue weighted by Crippen LogP contribution is -2.30. The predicted molar refractivity (Wildman–Crippen MR) is 116 cm³/mol. The summed E-state index contributed by atoms with van der Waals surface area (Å²) in [5, 5.41) is 11.0. The number of ketones is 1. The molecule has 1 aromatic heterocycles. The fourth-order valence-electron chi connectivity index (χ4n) is 3.52. The number of benzene rings is 2. The lowest BCUT2D eigenvalue weighted by molar-refractivity contribution is -0.132. The third-order valence-corrected chi connectivity index (χ3v) is 5.64. The van der Waals surface area contributed by atoms with Crippen LogP contribution in [0.4, 0.5) is 14.5 Å². The molecular weight excluding hydrogens is 486 g/mol. The lowest BCUT2D eigenvalue weighted by atomic mass is 9.98. The number of methoxy groups -OCH3 is 1. The maximum absolute atomic E-state index is 13.9. The summed E-state index contributed by atoms with van der Waals surface area (Å²) in [6, 6.07) is 11.2. The molecule has 162 valence electrons. The number of carbonyl (C=O) groups excluding carboxylic acids is 2. The molecule has 0 aliphatic carbocycles. The van der Waals surface area contributed by atoms with Crippen molar-refractivity contribution >= 4 is 39.1 Å². The van der Waals surface area contributed by atoms with Crippen LogP contribution >= 0.6 is 15.9 Å². The first-order valence-corrected chi connectivity index (χ1v) is 10.1. The molecule has 1 aliphatic rings. The van der Waals surface area contributed by atoms with Crippen LogP contribution in [-0.2, 0) is 9.59 Å². The molecule has 1 saturated heterocycles. The smallest absolute Gasteiger partial charge is 0.300 e. The highest BCUT2D eigenvalue weighted by atomic mass is 79.9. The van der Waals surface area contributed by atoms with Crippen molar-refractivity contribution < 1.29 is 28.2 Å². The van der Waals surface area contributed by atoms with Crippen molar-refractivity contribution in [2.45, 2.75) is 6.04 Å². The Morgan fingerprint density at radius 3 is 2.50 bits per heavy atom. The van der Waals surface area contributed by atoms with Crippen LogP contribution in [0, 0.1) is 11.6 Å². The number of ether oxygens (including phenoxy) is 1. The fourth-order valence-corrected chi connectivity index (χ4v) is 4.06. The second-order valence-corrected chi connectivity index (χ2v) is 7.73. The first kappa shape index (κ1) is 21.6. The molecule has 1 unspecified atom stereocenters. The summed E-state index contributed by atoms with van der Waals surface area (Å²) in [5.41, 5.74) is 0.250. The van der Waals surface area contributed by atoms with Gasteiger partial charge in [-0.3, -0.25) is 19.5 Å². The van der Waals surface area contributed by atoms with Gasteiger partial charge in [0.25, 0.3) is 11.7 Å². The average Bonchev–Trinajstić information content (AvgIpc) is 3.06. The van der Waals surface area contributed by atoms with E-state index in [0.717, 1.165) is 17.0 Å². The second kappa shape index (κ2) is 8.51. The molecule has 6 nitrogen and oxygen atoms in total. The summed E-state index contributed by atoms with van der Waals surface area (Å²) in [5.74, 6) is -4.18. The highest BCUT2D eigenvalue weighted by molar-refractivity contribution is 9.10. The molecule has 1 amide bonds. The van der Waals surface area contributed by atoms with Gasteiger partial charge in [0.2, 0.25) is 0 Å². The van der Waals surface area contributed by atoms with Crippen LogP contribution in [0.3, 0.4) is 0 Å². The average molecular weight is 501 g/mol. The van der Waals surface area contributed by atoms with Crippen molar-refractivity contribution in [2.24, 2.45) is 0 Å². The molecule has 1 N–H and O–H groups in total. The molecule has 1 atom stereocenters. The van der Waals surface area contributed by atoms with Crippen molar-refractivity contribution in [3.05, 3.63) is 93.7 Å². The molecule has 32 heavy (non-hydrogen) atoms. The molecule has 0 radical (unpaired) electrons. The highest BCUT2D eigenvalue weighted by Gasteiger charge is 2.47. The molecule has 9 heteroatoms. The van der Waals surface area contributed by atoms with Crippen LogP contribution in [0.1, 0.15) is 17.3 Å². The van der Waals surface area contributed by atoms with Gasteiger partial charge in [0, 0.05) is 23.5 Å². The minimum atomic E-state index is -1.18. The third kappa shape index (κ3) is 3.64. The van der Waals surface area contributed by atoms with E-state index >= 15 is 0 Å². The fraction of sp³-hybridized carbons (Fsp3) is 0.0870. The van der Waals surface area contributed by atoms with Gasteiger partial charge in [-0.05, 0) is 58.4 Å². The van der Waals surface area contributed by atoms with E-state index in [4.69, 9.17) is 4.74 Å². The quantitative estimate of drug-likeness (QED) is 0.317. The number of Topliss-reactive ketones (excluding diaryl/α,β-unsaturated/α-hetero) is 1. The highest BCUT2D eigenvalue weighted by Crippen LogP contribution is 2.42.